The van der Waals surface area contributed by atoms with Crippen molar-refractivity contribution in [1.82, 2.24) is 5.32 Å². The van der Waals surface area contributed by atoms with Crippen molar-refractivity contribution in [2.75, 3.05) is 6.54 Å². The second-order valence-electron chi connectivity index (χ2n) is 5.00. The summed E-state index contributed by atoms with van der Waals surface area (Å²) in [6.07, 6.45) is -1.22. The van der Waals surface area contributed by atoms with Crippen LogP contribution in [0.1, 0.15) is 27.4 Å². The zero-order chi connectivity index (χ0) is 16.1. The highest BCUT2D eigenvalue weighted by atomic mass is 19.1. The Hall–Kier alpha value is -2.69. The summed E-state index contributed by atoms with van der Waals surface area (Å²) in [7, 11) is 0. The van der Waals surface area contributed by atoms with E-state index in [0.717, 1.165) is 0 Å². The molecule has 0 aromatic heterocycles. The number of nitrogens with one attached hydrogen (secondary N) is 1. The number of carbonyl (C=O) groups excluding carboxylic acids is 1. The molecule has 0 spiro atoms. The molecule has 2 aromatic rings. The molecule has 0 heterocycles. The largest absolute Gasteiger partial charge is 0.465 e. The number of halogens is 1. The smallest absolute Gasteiger partial charge is 0.404 e. The summed E-state index contributed by atoms with van der Waals surface area (Å²) >= 11 is 0. The molecule has 2 aromatic carbocycles. The van der Waals surface area contributed by atoms with Crippen LogP contribution < -0.4 is 5.32 Å². The summed E-state index contributed by atoms with van der Waals surface area (Å²) in [6, 6.07) is 13.1. The number of aryl methyl sites for hydroxylation is 1. The summed E-state index contributed by atoms with van der Waals surface area (Å²) in [5, 5.41) is 11.0. The molecular formula is C17H16FNO3. The Balaban J connectivity index is 2.35. The minimum absolute atomic E-state index is 0.0355. The van der Waals surface area contributed by atoms with Crippen LogP contribution >= 0.6 is 0 Å². The van der Waals surface area contributed by atoms with E-state index in [4.69, 9.17) is 5.11 Å². The Morgan fingerprint density at radius 2 is 1.86 bits per heavy atom. The van der Waals surface area contributed by atoms with E-state index in [1.807, 2.05) is 0 Å². The maximum absolute atomic E-state index is 14.0. The van der Waals surface area contributed by atoms with Crippen molar-refractivity contribution < 1.29 is 19.1 Å². The Morgan fingerprint density at radius 1 is 1.18 bits per heavy atom. The predicted octanol–water partition coefficient (Wildman–Crippen LogP) is 3.37. The number of hydrogen-bond acceptors (Lipinski definition) is 2. The highest BCUT2D eigenvalue weighted by Crippen LogP contribution is 2.22. The second-order valence-corrected chi connectivity index (χ2v) is 5.00. The number of carboxylic acid groups (broad SMARTS) is 1. The van der Waals surface area contributed by atoms with Gasteiger partial charge in [0.2, 0.25) is 0 Å². The van der Waals surface area contributed by atoms with E-state index in [0.29, 0.717) is 11.1 Å². The number of ketones is 1. The molecule has 0 fully saturated rings. The van der Waals surface area contributed by atoms with Gasteiger partial charge in [0.25, 0.3) is 0 Å². The first kappa shape index (κ1) is 15.7. The van der Waals surface area contributed by atoms with Crippen LogP contribution in [0.15, 0.2) is 48.5 Å². The molecule has 1 unspecified atom stereocenters. The first-order chi connectivity index (χ1) is 10.5. The lowest BCUT2D eigenvalue weighted by Crippen LogP contribution is -2.31. The summed E-state index contributed by atoms with van der Waals surface area (Å²) in [4.78, 5) is 23.3. The van der Waals surface area contributed by atoms with Crippen LogP contribution in [0.25, 0.3) is 0 Å². The predicted molar refractivity (Wildman–Crippen MR) is 80.7 cm³/mol. The van der Waals surface area contributed by atoms with Gasteiger partial charge in [-0.3, -0.25) is 4.79 Å². The van der Waals surface area contributed by atoms with E-state index in [1.165, 1.54) is 12.1 Å². The van der Waals surface area contributed by atoms with Crippen LogP contribution in [0, 0.1) is 12.7 Å². The van der Waals surface area contributed by atoms with Crippen molar-refractivity contribution in [3.05, 3.63) is 71.0 Å². The molecule has 114 valence electrons. The normalized spacial score (nSPS) is 11.7. The molecule has 2 N–H and O–H groups in total. The van der Waals surface area contributed by atoms with Crippen LogP contribution in [-0.4, -0.2) is 23.5 Å². The molecule has 0 saturated heterocycles. The number of rotatable bonds is 5. The van der Waals surface area contributed by atoms with Crippen molar-refractivity contribution in [3.63, 3.8) is 0 Å². The first-order valence-corrected chi connectivity index (χ1v) is 6.81. The topological polar surface area (TPSA) is 66.4 Å². The quantitative estimate of drug-likeness (QED) is 0.832. The van der Waals surface area contributed by atoms with Crippen molar-refractivity contribution in [2.45, 2.75) is 12.8 Å². The number of hydrogen-bond donors (Lipinski definition) is 2. The van der Waals surface area contributed by atoms with Crippen LogP contribution in [0.2, 0.25) is 0 Å². The maximum Gasteiger partial charge on any atom is 0.404 e. The fourth-order valence-corrected chi connectivity index (χ4v) is 2.24. The highest BCUT2D eigenvalue weighted by molar-refractivity contribution is 6.01. The number of benzene rings is 2. The second kappa shape index (κ2) is 6.85. The molecule has 5 heteroatoms. The fraction of sp³-hybridized carbons (Fsp3) is 0.176. The first-order valence-electron chi connectivity index (χ1n) is 6.81. The third-order valence-corrected chi connectivity index (χ3v) is 3.37. The summed E-state index contributed by atoms with van der Waals surface area (Å²) < 4.78 is 14.0. The third-order valence-electron chi connectivity index (χ3n) is 3.37. The number of amides is 1. The molecular weight excluding hydrogens is 285 g/mol. The maximum atomic E-state index is 14.0. The SMILES string of the molecule is Cc1ccc(C(=O)C(CNC(=O)O)c2ccccc2)c(F)c1. The van der Waals surface area contributed by atoms with E-state index < -0.39 is 23.6 Å². The minimum atomic E-state index is -1.22. The van der Waals surface area contributed by atoms with Gasteiger partial charge in [-0.15, -0.1) is 0 Å². The van der Waals surface area contributed by atoms with Crippen molar-refractivity contribution in [3.8, 4) is 0 Å². The Bertz CT molecular complexity index is 686. The zero-order valence-electron chi connectivity index (χ0n) is 12.0. The minimum Gasteiger partial charge on any atom is -0.465 e. The highest BCUT2D eigenvalue weighted by Gasteiger charge is 2.24. The van der Waals surface area contributed by atoms with Crippen LogP contribution in [0.5, 0.6) is 0 Å². The van der Waals surface area contributed by atoms with Crippen LogP contribution in [0.4, 0.5) is 9.18 Å². The number of carbonyl (C=O) groups is 2. The van der Waals surface area contributed by atoms with Gasteiger partial charge in [-0.2, -0.15) is 0 Å². The van der Waals surface area contributed by atoms with Crippen LogP contribution in [0.3, 0.4) is 0 Å². The molecule has 0 aliphatic carbocycles. The lowest BCUT2D eigenvalue weighted by Gasteiger charge is -2.17. The molecule has 0 aliphatic rings. The van der Waals surface area contributed by atoms with Gasteiger partial charge in [0.1, 0.15) is 5.82 Å². The van der Waals surface area contributed by atoms with E-state index in [2.05, 4.69) is 5.32 Å². The zero-order valence-corrected chi connectivity index (χ0v) is 12.0. The molecule has 4 nitrogen and oxygen atoms in total. The lowest BCUT2D eigenvalue weighted by atomic mass is 9.90. The van der Waals surface area contributed by atoms with Crippen LogP contribution in [-0.2, 0) is 0 Å². The number of Topliss-reactive ketones (excluding diaryl/α,β-unsaturated/α-hetero) is 1. The third kappa shape index (κ3) is 3.69. The fourth-order valence-electron chi connectivity index (χ4n) is 2.24. The van der Waals surface area contributed by atoms with E-state index in [1.54, 1.807) is 43.3 Å². The van der Waals surface area contributed by atoms with Gasteiger partial charge in [-0.25, -0.2) is 9.18 Å². The van der Waals surface area contributed by atoms with E-state index in [9.17, 15) is 14.0 Å². The molecule has 1 amide bonds. The van der Waals surface area contributed by atoms with E-state index >= 15 is 0 Å². The molecule has 0 bridgehead atoms. The van der Waals surface area contributed by atoms with Gasteiger partial charge in [0.15, 0.2) is 5.78 Å². The summed E-state index contributed by atoms with van der Waals surface area (Å²) in [5.41, 5.74) is 1.32. The van der Waals surface area contributed by atoms with Gasteiger partial charge < -0.3 is 10.4 Å². The van der Waals surface area contributed by atoms with Gasteiger partial charge in [-0.1, -0.05) is 36.4 Å². The van der Waals surface area contributed by atoms with Gasteiger partial charge in [0.05, 0.1) is 11.5 Å². The van der Waals surface area contributed by atoms with E-state index in [-0.39, 0.29) is 12.1 Å². The van der Waals surface area contributed by atoms with Gasteiger partial charge in [0, 0.05) is 6.54 Å². The average molecular weight is 301 g/mol. The van der Waals surface area contributed by atoms with Crippen molar-refractivity contribution in [2.24, 2.45) is 0 Å². The molecule has 0 aliphatic heterocycles. The molecule has 0 saturated carbocycles. The molecule has 22 heavy (non-hydrogen) atoms. The van der Waals surface area contributed by atoms with Crippen molar-refractivity contribution >= 4 is 11.9 Å². The lowest BCUT2D eigenvalue weighted by molar-refractivity contribution is 0.0955. The molecule has 0 radical (unpaired) electrons. The average Bonchev–Trinajstić information content (AvgIpc) is 2.48. The standard InChI is InChI=1S/C17H16FNO3/c1-11-7-8-13(15(18)9-11)16(20)14(10-19-17(21)22)12-5-3-2-4-6-12/h2-9,14,19H,10H2,1H3,(H,21,22). The van der Waals surface area contributed by atoms with Crippen molar-refractivity contribution in [1.29, 1.82) is 0 Å². The summed E-state index contributed by atoms with van der Waals surface area (Å²) in [5.74, 6) is -1.81. The van der Waals surface area contributed by atoms with Gasteiger partial charge in [-0.05, 0) is 30.2 Å². The van der Waals surface area contributed by atoms with Gasteiger partial charge >= 0.3 is 6.09 Å². The Kier molecular flexibility index (Phi) is 4.88. The Morgan fingerprint density at radius 3 is 2.45 bits per heavy atom. The monoisotopic (exact) mass is 301 g/mol. The molecule has 2 rings (SSSR count). The molecule has 1 atom stereocenters. The summed E-state index contributed by atoms with van der Waals surface area (Å²) in [6.45, 7) is 1.63. The Labute approximate surface area is 127 Å².